The summed E-state index contributed by atoms with van der Waals surface area (Å²) in [5.41, 5.74) is 4.02. The Bertz CT molecular complexity index is 1310. The highest BCUT2D eigenvalue weighted by molar-refractivity contribution is 7.99. The van der Waals surface area contributed by atoms with Gasteiger partial charge in [0, 0.05) is 22.2 Å². The fourth-order valence-corrected chi connectivity index (χ4v) is 4.22. The van der Waals surface area contributed by atoms with Crippen LogP contribution >= 0.6 is 11.8 Å². The van der Waals surface area contributed by atoms with Crippen molar-refractivity contribution in [1.82, 2.24) is 0 Å². The summed E-state index contributed by atoms with van der Waals surface area (Å²) in [4.78, 5) is 13.9. The molecule has 4 aromatic rings. The molecule has 0 unspecified atom stereocenters. The Kier molecular flexibility index (Phi) is 7.64. The van der Waals surface area contributed by atoms with Gasteiger partial charge in [-0.3, -0.25) is 4.79 Å². The number of hydrogen-bond donors (Lipinski definition) is 1. The molecule has 4 aromatic carbocycles. The molecular formula is C29H24N2O2S. The third-order valence-electron chi connectivity index (χ3n) is 5.14. The van der Waals surface area contributed by atoms with Crippen molar-refractivity contribution in [3.05, 3.63) is 108 Å². The average molecular weight is 465 g/mol. The summed E-state index contributed by atoms with van der Waals surface area (Å²) in [6.45, 7) is 2.12. The number of nitrogens with one attached hydrogen (secondary N) is 1. The van der Waals surface area contributed by atoms with Crippen LogP contribution in [0.15, 0.2) is 102 Å². The number of carbonyl (C=O) groups excluding carboxylic acids is 1. The normalized spacial score (nSPS) is 10.4. The third kappa shape index (κ3) is 6.06. The van der Waals surface area contributed by atoms with Gasteiger partial charge in [-0.05, 0) is 59.3 Å². The minimum atomic E-state index is -0.0965. The molecule has 0 spiro atoms. The summed E-state index contributed by atoms with van der Waals surface area (Å²) in [5, 5.41) is 12.2. The van der Waals surface area contributed by atoms with Crippen molar-refractivity contribution in [2.45, 2.75) is 18.2 Å². The molecule has 0 aromatic heterocycles. The summed E-state index contributed by atoms with van der Waals surface area (Å²) >= 11 is 1.78. The molecule has 1 N–H and O–H groups in total. The summed E-state index contributed by atoms with van der Waals surface area (Å²) in [5.74, 6) is 2.08. The van der Waals surface area contributed by atoms with Crippen LogP contribution in [0.25, 0.3) is 11.1 Å². The topological polar surface area (TPSA) is 62.1 Å². The van der Waals surface area contributed by atoms with Crippen LogP contribution in [0.4, 0.5) is 5.69 Å². The molecule has 0 fully saturated rings. The van der Waals surface area contributed by atoms with E-state index >= 15 is 0 Å². The lowest BCUT2D eigenvalue weighted by atomic mass is 10.0. The van der Waals surface area contributed by atoms with Crippen LogP contribution in [-0.4, -0.2) is 11.7 Å². The maximum atomic E-state index is 12.7. The summed E-state index contributed by atoms with van der Waals surface area (Å²) < 4.78 is 6.18. The molecule has 0 aliphatic carbocycles. The molecule has 0 atom stereocenters. The van der Waals surface area contributed by atoms with Gasteiger partial charge in [0.25, 0.3) is 0 Å². The Morgan fingerprint density at radius 3 is 2.47 bits per heavy atom. The van der Waals surface area contributed by atoms with Gasteiger partial charge in [-0.2, -0.15) is 5.26 Å². The lowest BCUT2D eigenvalue weighted by molar-refractivity contribution is -0.115. The zero-order chi connectivity index (χ0) is 23.8. The molecule has 0 saturated heterocycles. The molecule has 0 heterocycles. The molecule has 0 aliphatic rings. The first-order valence-corrected chi connectivity index (χ1v) is 12.0. The Hall–Kier alpha value is -4.01. The lowest BCUT2D eigenvalue weighted by Gasteiger charge is -2.14. The lowest BCUT2D eigenvalue weighted by Crippen LogP contribution is -2.14. The summed E-state index contributed by atoms with van der Waals surface area (Å²) in [7, 11) is 0. The van der Waals surface area contributed by atoms with Gasteiger partial charge in [-0.1, -0.05) is 55.5 Å². The zero-order valence-corrected chi connectivity index (χ0v) is 19.6. The minimum absolute atomic E-state index is 0.0965. The molecular weight excluding hydrogens is 440 g/mol. The number of amides is 1. The molecule has 4 rings (SSSR count). The van der Waals surface area contributed by atoms with E-state index in [0.29, 0.717) is 22.7 Å². The number of thioether (sulfide) groups is 1. The van der Waals surface area contributed by atoms with Crippen molar-refractivity contribution in [3.8, 4) is 28.7 Å². The smallest absolute Gasteiger partial charge is 0.228 e. The third-order valence-corrected chi connectivity index (χ3v) is 6.03. The van der Waals surface area contributed by atoms with Crippen molar-refractivity contribution in [1.29, 1.82) is 5.26 Å². The Morgan fingerprint density at radius 1 is 0.941 bits per heavy atom. The number of nitrogens with zero attached hydrogens (tertiary/aromatic N) is 1. The molecule has 4 nitrogen and oxygen atoms in total. The number of anilines is 1. The van der Waals surface area contributed by atoms with Crippen molar-refractivity contribution < 1.29 is 9.53 Å². The van der Waals surface area contributed by atoms with Crippen molar-refractivity contribution in [3.63, 3.8) is 0 Å². The van der Waals surface area contributed by atoms with E-state index in [-0.39, 0.29) is 12.3 Å². The van der Waals surface area contributed by atoms with E-state index < -0.39 is 0 Å². The van der Waals surface area contributed by atoms with Crippen LogP contribution in [0.5, 0.6) is 11.5 Å². The number of nitriles is 1. The second-order valence-electron chi connectivity index (χ2n) is 7.62. The predicted octanol–water partition coefficient (Wildman–Crippen LogP) is 7.31. The molecule has 0 bridgehead atoms. The Balaban J connectivity index is 1.56. The molecule has 168 valence electrons. The number of benzene rings is 4. The van der Waals surface area contributed by atoms with Crippen LogP contribution < -0.4 is 10.1 Å². The van der Waals surface area contributed by atoms with Crippen LogP contribution in [0.2, 0.25) is 0 Å². The SMILES string of the molecule is CCSc1ccc(CC(=O)Nc2ccc(-c3ccccc3)c(Oc3cccc(C#N)c3)c2)cc1. The maximum Gasteiger partial charge on any atom is 0.228 e. The minimum Gasteiger partial charge on any atom is -0.457 e. The quantitative estimate of drug-likeness (QED) is 0.278. The summed E-state index contributed by atoms with van der Waals surface area (Å²) in [6, 6.07) is 32.8. The van der Waals surface area contributed by atoms with Crippen molar-refractivity contribution >= 4 is 23.4 Å². The van der Waals surface area contributed by atoms with Gasteiger partial charge in [-0.25, -0.2) is 0 Å². The molecule has 0 saturated carbocycles. The highest BCUT2D eigenvalue weighted by Gasteiger charge is 2.12. The molecule has 1 amide bonds. The van der Waals surface area contributed by atoms with Gasteiger partial charge in [0.15, 0.2) is 0 Å². The van der Waals surface area contributed by atoms with E-state index in [1.165, 1.54) is 4.90 Å². The first-order chi connectivity index (χ1) is 16.6. The highest BCUT2D eigenvalue weighted by Crippen LogP contribution is 2.36. The first-order valence-electron chi connectivity index (χ1n) is 11.0. The maximum absolute atomic E-state index is 12.7. The van der Waals surface area contributed by atoms with E-state index in [1.807, 2.05) is 72.8 Å². The van der Waals surface area contributed by atoms with E-state index in [1.54, 1.807) is 36.0 Å². The van der Waals surface area contributed by atoms with E-state index in [0.717, 1.165) is 22.4 Å². The van der Waals surface area contributed by atoms with Gasteiger partial charge in [0.1, 0.15) is 11.5 Å². The Labute approximate surface area is 204 Å². The van der Waals surface area contributed by atoms with Crippen LogP contribution in [0.3, 0.4) is 0 Å². The van der Waals surface area contributed by atoms with Gasteiger partial charge < -0.3 is 10.1 Å². The van der Waals surface area contributed by atoms with Crippen LogP contribution in [-0.2, 0) is 11.2 Å². The largest absolute Gasteiger partial charge is 0.457 e. The van der Waals surface area contributed by atoms with Crippen LogP contribution in [0, 0.1) is 11.3 Å². The van der Waals surface area contributed by atoms with Gasteiger partial charge in [0.2, 0.25) is 5.91 Å². The highest BCUT2D eigenvalue weighted by atomic mass is 32.2. The zero-order valence-electron chi connectivity index (χ0n) is 18.8. The number of carbonyl (C=O) groups is 1. The summed E-state index contributed by atoms with van der Waals surface area (Å²) in [6.07, 6.45) is 0.290. The van der Waals surface area contributed by atoms with E-state index in [9.17, 15) is 10.1 Å². The molecule has 0 aliphatic heterocycles. The second-order valence-corrected chi connectivity index (χ2v) is 8.96. The fraction of sp³-hybridized carbons (Fsp3) is 0.103. The number of hydrogen-bond acceptors (Lipinski definition) is 4. The molecule has 5 heteroatoms. The Morgan fingerprint density at radius 2 is 1.74 bits per heavy atom. The van der Waals surface area contributed by atoms with Crippen molar-refractivity contribution in [2.24, 2.45) is 0 Å². The average Bonchev–Trinajstić information content (AvgIpc) is 2.86. The number of rotatable bonds is 8. The van der Waals surface area contributed by atoms with Gasteiger partial charge in [0.05, 0.1) is 18.1 Å². The van der Waals surface area contributed by atoms with E-state index in [2.05, 4.69) is 18.3 Å². The monoisotopic (exact) mass is 464 g/mol. The first kappa shape index (κ1) is 23.2. The van der Waals surface area contributed by atoms with E-state index in [4.69, 9.17) is 4.74 Å². The number of ether oxygens (including phenoxy) is 1. The standard InChI is InChI=1S/C29H24N2O2S/c1-2-34-26-14-11-21(12-15-26)18-29(32)31-24-13-16-27(23-8-4-3-5-9-23)28(19-24)33-25-10-6-7-22(17-25)20-30/h3-17,19H,2,18H2,1H3,(H,31,32). The second kappa shape index (κ2) is 11.2. The fourth-order valence-electron chi connectivity index (χ4n) is 3.56. The van der Waals surface area contributed by atoms with Gasteiger partial charge in [-0.15, -0.1) is 11.8 Å². The van der Waals surface area contributed by atoms with Crippen LogP contribution in [0.1, 0.15) is 18.1 Å². The van der Waals surface area contributed by atoms with Crippen molar-refractivity contribution in [2.75, 3.05) is 11.1 Å². The van der Waals surface area contributed by atoms with Gasteiger partial charge >= 0.3 is 0 Å². The molecule has 0 radical (unpaired) electrons. The molecule has 34 heavy (non-hydrogen) atoms. The predicted molar refractivity (Wildman–Crippen MR) is 138 cm³/mol.